The Balaban J connectivity index is 1.95. The number of H-pyrrole nitrogens is 1. The number of ether oxygens (including phenoxy) is 2. The van der Waals surface area contributed by atoms with Crippen molar-refractivity contribution < 1.29 is 14.3 Å². The minimum Gasteiger partial charge on any atom is -0.493 e. The molecule has 0 aliphatic rings. The summed E-state index contributed by atoms with van der Waals surface area (Å²) in [5, 5.41) is 3.01. The average Bonchev–Trinajstić information content (AvgIpc) is 2.71. The lowest BCUT2D eigenvalue weighted by Gasteiger charge is -2.10. The van der Waals surface area contributed by atoms with E-state index in [1.165, 1.54) is 6.20 Å². The van der Waals surface area contributed by atoms with Crippen LogP contribution in [0.25, 0.3) is 22.4 Å². The third-order valence-corrected chi connectivity index (χ3v) is 3.76. The number of aromatic amines is 1. The number of fused-ring (bicyclic) bond motifs is 1. The number of esters is 1. The molecule has 146 valence electrons. The first-order valence-corrected chi connectivity index (χ1v) is 9.01. The van der Waals surface area contributed by atoms with Crippen LogP contribution in [0.15, 0.2) is 35.3 Å². The number of para-hydroxylation sites is 1. The minimum absolute atomic E-state index is 0.0803. The average molecular weight is 383 g/mol. The second-order valence-electron chi connectivity index (χ2n) is 5.85. The fraction of sp³-hybridized carbons (Fsp3) is 0.316. The number of hydrogen-bond donors (Lipinski definition) is 2. The van der Waals surface area contributed by atoms with Crippen LogP contribution >= 0.6 is 0 Å². The summed E-state index contributed by atoms with van der Waals surface area (Å²) in [5.41, 5.74) is 0.516. The Kier molecular flexibility index (Phi) is 6.15. The zero-order valence-corrected chi connectivity index (χ0v) is 15.7. The lowest BCUT2D eigenvalue weighted by molar-refractivity contribution is -0.140. The van der Waals surface area contributed by atoms with E-state index in [9.17, 15) is 9.59 Å². The van der Waals surface area contributed by atoms with Crippen LogP contribution in [0.1, 0.15) is 20.3 Å². The molecule has 0 bridgehead atoms. The molecule has 28 heavy (non-hydrogen) atoms. The summed E-state index contributed by atoms with van der Waals surface area (Å²) in [7, 11) is 0. The smallest absolute Gasteiger partial charge is 0.325 e. The van der Waals surface area contributed by atoms with E-state index in [-0.39, 0.29) is 29.1 Å². The monoisotopic (exact) mass is 383 g/mol. The highest BCUT2D eigenvalue weighted by Gasteiger charge is 2.13. The van der Waals surface area contributed by atoms with Crippen LogP contribution in [0.5, 0.6) is 5.75 Å². The van der Waals surface area contributed by atoms with Gasteiger partial charge in [-0.3, -0.25) is 9.59 Å². The van der Waals surface area contributed by atoms with Crippen molar-refractivity contribution in [3.05, 3.63) is 40.8 Å². The van der Waals surface area contributed by atoms with Gasteiger partial charge in [0.15, 0.2) is 5.65 Å². The lowest BCUT2D eigenvalue weighted by Crippen LogP contribution is -2.18. The standard InChI is InChI=1S/C19H21N5O4/c1-3-9-28-14-8-6-5-7-12(14)16-22-17-13(18(26)23-16)10-20-19(24-17)21-11-15(25)27-4-2/h5-8,10H,3-4,9,11H2,1-2H3,(H2,20,21,22,23,24,26). The summed E-state index contributed by atoms with van der Waals surface area (Å²) >= 11 is 0. The number of nitrogens with zero attached hydrogens (tertiary/aromatic N) is 3. The van der Waals surface area contributed by atoms with Gasteiger partial charge in [0.1, 0.15) is 23.5 Å². The SMILES string of the molecule is CCCOc1ccccc1-c1nc2nc(NCC(=O)OCC)ncc2c(=O)[nH]1. The van der Waals surface area contributed by atoms with E-state index < -0.39 is 5.97 Å². The highest BCUT2D eigenvalue weighted by Crippen LogP contribution is 2.27. The Labute approximate surface area is 161 Å². The van der Waals surface area contributed by atoms with Crippen molar-refractivity contribution in [1.82, 2.24) is 19.9 Å². The van der Waals surface area contributed by atoms with Gasteiger partial charge in [-0.15, -0.1) is 0 Å². The number of carbonyl (C=O) groups is 1. The van der Waals surface area contributed by atoms with E-state index in [4.69, 9.17) is 9.47 Å². The molecule has 2 aromatic heterocycles. The van der Waals surface area contributed by atoms with Crippen LogP contribution < -0.4 is 15.6 Å². The maximum atomic E-state index is 12.4. The highest BCUT2D eigenvalue weighted by molar-refractivity contribution is 5.78. The normalized spacial score (nSPS) is 10.6. The summed E-state index contributed by atoms with van der Waals surface area (Å²) in [4.78, 5) is 39.4. The van der Waals surface area contributed by atoms with Crippen LogP contribution in [0.3, 0.4) is 0 Å². The molecular weight excluding hydrogens is 362 g/mol. The molecule has 3 aromatic rings. The largest absolute Gasteiger partial charge is 0.493 e. The van der Waals surface area contributed by atoms with Crippen LogP contribution in [-0.4, -0.2) is 45.7 Å². The molecule has 0 fully saturated rings. The van der Waals surface area contributed by atoms with Gasteiger partial charge in [-0.25, -0.2) is 9.97 Å². The Morgan fingerprint density at radius 1 is 1.21 bits per heavy atom. The van der Waals surface area contributed by atoms with E-state index >= 15 is 0 Å². The summed E-state index contributed by atoms with van der Waals surface area (Å²) in [6, 6.07) is 7.33. The Bertz CT molecular complexity index is 1030. The molecule has 0 amide bonds. The van der Waals surface area contributed by atoms with Gasteiger partial charge in [0, 0.05) is 6.20 Å². The molecule has 1 aromatic carbocycles. The molecule has 0 saturated carbocycles. The molecule has 0 aliphatic carbocycles. The lowest BCUT2D eigenvalue weighted by atomic mass is 10.2. The fourth-order valence-electron chi connectivity index (χ4n) is 2.50. The van der Waals surface area contributed by atoms with Crippen molar-refractivity contribution in [2.45, 2.75) is 20.3 Å². The fourth-order valence-corrected chi connectivity index (χ4v) is 2.50. The molecule has 0 unspecified atom stereocenters. The zero-order chi connectivity index (χ0) is 19.9. The summed E-state index contributed by atoms with van der Waals surface area (Å²) < 4.78 is 10.6. The third kappa shape index (κ3) is 4.43. The van der Waals surface area contributed by atoms with Crippen molar-refractivity contribution in [1.29, 1.82) is 0 Å². The van der Waals surface area contributed by atoms with Crippen LogP contribution in [0.4, 0.5) is 5.95 Å². The van der Waals surface area contributed by atoms with Crippen molar-refractivity contribution in [3.63, 3.8) is 0 Å². The van der Waals surface area contributed by atoms with Crippen LogP contribution in [0, 0.1) is 0 Å². The molecule has 3 rings (SSSR count). The van der Waals surface area contributed by atoms with Crippen molar-refractivity contribution >= 4 is 23.0 Å². The molecule has 9 nitrogen and oxygen atoms in total. The molecule has 0 atom stereocenters. The maximum absolute atomic E-state index is 12.4. The van der Waals surface area contributed by atoms with Crippen LogP contribution in [-0.2, 0) is 9.53 Å². The molecule has 9 heteroatoms. The predicted molar refractivity (Wildman–Crippen MR) is 104 cm³/mol. The van der Waals surface area contributed by atoms with Gasteiger partial charge in [0.2, 0.25) is 5.95 Å². The zero-order valence-electron chi connectivity index (χ0n) is 15.7. The number of hydrogen-bond acceptors (Lipinski definition) is 8. The maximum Gasteiger partial charge on any atom is 0.325 e. The van der Waals surface area contributed by atoms with Crippen molar-refractivity contribution in [2.75, 3.05) is 25.1 Å². The first-order valence-electron chi connectivity index (χ1n) is 9.01. The Morgan fingerprint density at radius 2 is 2.04 bits per heavy atom. The van der Waals surface area contributed by atoms with E-state index in [2.05, 4.69) is 25.3 Å². The Morgan fingerprint density at radius 3 is 2.82 bits per heavy atom. The summed E-state index contributed by atoms with van der Waals surface area (Å²) in [6.45, 7) is 4.51. The van der Waals surface area contributed by atoms with Gasteiger partial charge in [-0.05, 0) is 25.5 Å². The molecular formula is C19H21N5O4. The number of rotatable bonds is 8. The topological polar surface area (TPSA) is 119 Å². The Hall–Kier alpha value is -3.49. The predicted octanol–water partition coefficient (Wildman–Crippen LogP) is 2.14. The quantitative estimate of drug-likeness (QED) is 0.568. The van der Waals surface area contributed by atoms with Gasteiger partial charge in [0.25, 0.3) is 5.56 Å². The molecule has 0 radical (unpaired) electrons. The second kappa shape index (κ2) is 8.94. The number of benzene rings is 1. The first-order chi connectivity index (χ1) is 13.6. The van der Waals surface area contributed by atoms with Gasteiger partial charge in [0.05, 0.1) is 18.8 Å². The third-order valence-electron chi connectivity index (χ3n) is 3.76. The number of carbonyl (C=O) groups excluding carboxylic acids is 1. The second-order valence-corrected chi connectivity index (χ2v) is 5.85. The van der Waals surface area contributed by atoms with Gasteiger partial charge >= 0.3 is 5.97 Å². The molecule has 2 N–H and O–H groups in total. The van der Waals surface area contributed by atoms with E-state index in [1.54, 1.807) is 6.92 Å². The highest BCUT2D eigenvalue weighted by atomic mass is 16.5. The number of aromatic nitrogens is 4. The molecule has 0 aliphatic heterocycles. The van der Waals surface area contributed by atoms with Crippen molar-refractivity contribution in [2.24, 2.45) is 0 Å². The minimum atomic E-state index is -0.423. The van der Waals surface area contributed by atoms with Crippen molar-refractivity contribution in [3.8, 4) is 17.1 Å². The molecule has 0 spiro atoms. The van der Waals surface area contributed by atoms with Gasteiger partial charge in [-0.2, -0.15) is 4.98 Å². The number of anilines is 1. The summed E-state index contributed by atoms with van der Waals surface area (Å²) in [5.74, 6) is 0.730. The van der Waals surface area contributed by atoms with Gasteiger partial charge in [-0.1, -0.05) is 19.1 Å². The summed E-state index contributed by atoms with van der Waals surface area (Å²) in [6.07, 6.45) is 2.23. The van der Waals surface area contributed by atoms with E-state index in [0.29, 0.717) is 30.4 Å². The van der Waals surface area contributed by atoms with Gasteiger partial charge < -0.3 is 19.8 Å². The molecule has 2 heterocycles. The van der Waals surface area contributed by atoms with E-state index in [0.717, 1.165) is 6.42 Å². The number of nitrogens with one attached hydrogen (secondary N) is 2. The van der Waals surface area contributed by atoms with Crippen LogP contribution in [0.2, 0.25) is 0 Å². The first kappa shape index (κ1) is 19.3. The molecule has 0 saturated heterocycles. The van der Waals surface area contributed by atoms with E-state index in [1.807, 2.05) is 31.2 Å².